The van der Waals surface area contributed by atoms with Crippen molar-refractivity contribution in [2.45, 2.75) is 20.1 Å². The lowest BCUT2D eigenvalue weighted by molar-refractivity contribution is 0.0695. The van der Waals surface area contributed by atoms with Crippen LogP contribution in [0.3, 0.4) is 0 Å². The molecule has 2 heterocycles. The number of aromatic carboxylic acids is 1. The van der Waals surface area contributed by atoms with Crippen molar-refractivity contribution in [3.05, 3.63) is 80.5 Å². The van der Waals surface area contributed by atoms with Crippen LogP contribution in [0.4, 0.5) is 4.39 Å². The average molecular weight is 428 g/mol. The second-order valence-corrected chi connectivity index (χ2v) is 6.57. The molecule has 2 aromatic heterocycles. The molecule has 7 nitrogen and oxygen atoms in total. The molecule has 0 atom stereocenters. The molecule has 1 aromatic carbocycles. The Balaban J connectivity index is 2.16. The number of rotatable bonds is 6. The molecule has 0 saturated carbocycles. The maximum Gasteiger partial charge on any atom is 0.341 e. The highest BCUT2D eigenvalue weighted by atomic mass is 35.5. The Morgan fingerprint density at radius 1 is 1.33 bits per heavy atom. The van der Waals surface area contributed by atoms with Gasteiger partial charge in [-0.05, 0) is 31.2 Å². The molecule has 0 spiro atoms. The molecule has 3 aromatic rings. The van der Waals surface area contributed by atoms with Gasteiger partial charge in [0.25, 0.3) is 0 Å². The Morgan fingerprint density at radius 2 is 2.10 bits per heavy atom. The van der Waals surface area contributed by atoms with Gasteiger partial charge in [0, 0.05) is 18.2 Å². The Hall–Kier alpha value is -3.70. The molecule has 0 fully saturated rings. The number of carbonyl (C=O) groups is 1. The van der Waals surface area contributed by atoms with Gasteiger partial charge in [-0.1, -0.05) is 23.7 Å². The largest absolute Gasteiger partial charge is 0.477 e. The number of nitriles is 1. The van der Waals surface area contributed by atoms with Crippen LogP contribution < -0.4 is 10.2 Å². The summed E-state index contributed by atoms with van der Waals surface area (Å²) < 4.78 is 20.5. The van der Waals surface area contributed by atoms with Crippen molar-refractivity contribution in [3.63, 3.8) is 0 Å². The van der Waals surface area contributed by atoms with E-state index in [2.05, 4.69) is 4.98 Å². The number of nitrogens with zero attached hydrogens (tertiary/aromatic N) is 3. The van der Waals surface area contributed by atoms with Gasteiger partial charge in [-0.2, -0.15) is 9.65 Å². The van der Waals surface area contributed by atoms with Gasteiger partial charge < -0.3 is 14.4 Å². The van der Waals surface area contributed by atoms with Gasteiger partial charge in [-0.15, -0.1) is 0 Å². The third kappa shape index (κ3) is 4.16. The number of benzene rings is 1. The van der Waals surface area contributed by atoms with Crippen LogP contribution in [-0.2, 0) is 13.2 Å². The maximum atomic E-state index is 13.3. The molecular weight excluding hydrogens is 413 g/mol. The van der Waals surface area contributed by atoms with E-state index < -0.39 is 22.9 Å². The summed E-state index contributed by atoms with van der Waals surface area (Å²) in [4.78, 5) is 28.1. The molecule has 0 aliphatic rings. The molecule has 30 heavy (non-hydrogen) atoms. The first-order valence-electron chi connectivity index (χ1n) is 8.81. The van der Waals surface area contributed by atoms with E-state index in [-0.39, 0.29) is 35.3 Å². The number of hydrogen-bond donors (Lipinski definition) is 1. The zero-order valence-corrected chi connectivity index (χ0v) is 16.5. The van der Waals surface area contributed by atoms with Crippen LogP contribution in [0, 0.1) is 17.3 Å². The molecule has 0 amide bonds. The van der Waals surface area contributed by atoms with E-state index in [1.807, 2.05) is 6.07 Å². The number of halogens is 2. The summed E-state index contributed by atoms with van der Waals surface area (Å²) in [5, 5.41) is 18.8. The molecule has 3 rings (SSSR count). The first kappa shape index (κ1) is 21.0. The highest BCUT2D eigenvalue weighted by Crippen LogP contribution is 2.30. The van der Waals surface area contributed by atoms with Gasteiger partial charge in [0.1, 0.15) is 18.2 Å². The second-order valence-electron chi connectivity index (χ2n) is 6.17. The van der Waals surface area contributed by atoms with Crippen molar-refractivity contribution in [2.75, 3.05) is 0 Å². The summed E-state index contributed by atoms with van der Waals surface area (Å²) in [5.74, 6) is -1.98. The second kappa shape index (κ2) is 8.76. The first-order chi connectivity index (χ1) is 14.3. The van der Waals surface area contributed by atoms with Crippen LogP contribution in [0.5, 0.6) is 5.88 Å². The lowest BCUT2D eigenvalue weighted by atomic mass is 10.0. The van der Waals surface area contributed by atoms with Crippen molar-refractivity contribution < 1.29 is 19.0 Å². The van der Waals surface area contributed by atoms with Crippen molar-refractivity contribution in [2.24, 2.45) is 0 Å². The molecule has 0 aliphatic heterocycles. The van der Waals surface area contributed by atoms with E-state index in [9.17, 15) is 19.1 Å². The fourth-order valence-corrected chi connectivity index (χ4v) is 3.22. The molecule has 1 N–H and O–H groups in total. The molecule has 9 heteroatoms. The van der Waals surface area contributed by atoms with Crippen molar-refractivity contribution in [3.8, 4) is 23.2 Å². The van der Waals surface area contributed by atoms with Gasteiger partial charge >= 0.3 is 5.97 Å². The summed E-state index contributed by atoms with van der Waals surface area (Å²) in [6.07, 6.45) is 0. The molecule has 0 bridgehead atoms. The summed E-state index contributed by atoms with van der Waals surface area (Å²) in [6, 6.07) is 11.6. The third-order valence-corrected chi connectivity index (χ3v) is 4.62. The van der Waals surface area contributed by atoms with E-state index in [0.29, 0.717) is 11.3 Å². The Morgan fingerprint density at radius 3 is 2.70 bits per heavy atom. The van der Waals surface area contributed by atoms with E-state index in [1.165, 1.54) is 34.9 Å². The summed E-state index contributed by atoms with van der Waals surface area (Å²) >= 11 is 6.11. The summed E-state index contributed by atoms with van der Waals surface area (Å²) in [6.45, 7) is 1.88. The van der Waals surface area contributed by atoms with E-state index >= 15 is 0 Å². The fraction of sp³-hybridized carbons (Fsp3) is 0.143. The highest BCUT2D eigenvalue weighted by Gasteiger charge is 2.23. The normalized spacial score (nSPS) is 10.5. The predicted octanol–water partition coefficient (Wildman–Crippen LogP) is 3.87. The monoisotopic (exact) mass is 427 g/mol. The molecule has 0 radical (unpaired) electrons. The lowest BCUT2D eigenvalue weighted by Gasteiger charge is -2.20. The van der Waals surface area contributed by atoms with Crippen LogP contribution in [0.25, 0.3) is 11.3 Å². The molecule has 152 valence electrons. The minimum atomic E-state index is -1.41. The first-order valence-corrected chi connectivity index (χ1v) is 9.18. The number of carboxylic acid groups (broad SMARTS) is 1. The van der Waals surface area contributed by atoms with E-state index in [1.54, 1.807) is 13.0 Å². The van der Waals surface area contributed by atoms with Crippen LogP contribution in [0.1, 0.15) is 28.5 Å². The molecule has 0 aliphatic carbocycles. The minimum absolute atomic E-state index is 0.0890. The zero-order valence-electron chi connectivity index (χ0n) is 15.7. The number of hydrogen-bond acceptors (Lipinski definition) is 5. The molecule has 0 saturated heterocycles. The standard InChI is InChI=1S/C21H15ClFN3O4/c1-2-26-18(30-11-14-4-3-5-17(23)25-14)9-16(27)19(21(28)29)20(26)12-6-7-13(10-24)15(22)8-12/h3-9H,2,11H2,1H3,(H,28,29). The van der Waals surface area contributed by atoms with Crippen molar-refractivity contribution in [1.82, 2.24) is 9.55 Å². The predicted molar refractivity (Wildman–Crippen MR) is 107 cm³/mol. The van der Waals surface area contributed by atoms with Gasteiger partial charge in [0.15, 0.2) is 5.88 Å². The van der Waals surface area contributed by atoms with Crippen LogP contribution in [0.15, 0.2) is 47.3 Å². The molecular formula is C21H15ClFN3O4. The maximum absolute atomic E-state index is 13.3. The quantitative estimate of drug-likeness (QED) is 0.598. The van der Waals surface area contributed by atoms with Crippen molar-refractivity contribution >= 4 is 17.6 Å². The topological polar surface area (TPSA) is 105 Å². The Labute approximate surface area is 175 Å². The fourth-order valence-electron chi connectivity index (χ4n) is 3.00. The number of carboxylic acids is 1. The van der Waals surface area contributed by atoms with Crippen molar-refractivity contribution in [1.29, 1.82) is 5.26 Å². The van der Waals surface area contributed by atoms with Gasteiger partial charge in [-0.25, -0.2) is 9.78 Å². The summed E-state index contributed by atoms with van der Waals surface area (Å²) in [7, 11) is 0. The average Bonchev–Trinajstić information content (AvgIpc) is 2.71. The SMILES string of the molecule is CCn1c(OCc2cccc(F)n2)cc(=O)c(C(=O)O)c1-c1ccc(C#N)c(Cl)c1. The Kier molecular flexibility index (Phi) is 6.14. The van der Waals surface area contributed by atoms with Crippen LogP contribution in [0.2, 0.25) is 5.02 Å². The van der Waals surface area contributed by atoms with Gasteiger partial charge in [0.2, 0.25) is 11.4 Å². The minimum Gasteiger partial charge on any atom is -0.477 e. The van der Waals surface area contributed by atoms with E-state index in [4.69, 9.17) is 21.6 Å². The Bertz CT molecular complexity index is 1230. The zero-order chi connectivity index (χ0) is 21.8. The number of ether oxygens (including phenoxy) is 1. The molecule has 0 unspecified atom stereocenters. The summed E-state index contributed by atoms with van der Waals surface area (Å²) in [5.41, 5.74) is -0.267. The van der Waals surface area contributed by atoms with Gasteiger partial charge in [0.05, 0.1) is 22.0 Å². The van der Waals surface area contributed by atoms with Gasteiger partial charge in [-0.3, -0.25) is 4.79 Å². The highest BCUT2D eigenvalue weighted by molar-refractivity contribution is 6.32. The van der Waals surface area contributed by atoms with Crippen LogP contribution >= 0.6 is 11.6 Å². The third-order valence-electron chi connectivity index (χ3n) is 4.31. The number of pyridine rings is 2. The van der Waals surface area contributed by atoms with Crippen LogP contribution in [-0.4, -0.2) is 20.6 Å². The number of aromatic nitrogens is 2. The van der Waals surface area contributed by atoms with E-state index in [0.717, 1.165) is 6.07 Å². The lowest BCUT2D eigenvalue weighted by Crippen LogP contribution is -2.22. The smallest absolute Gasteiger partial charge is 0.341 e.